The molecular formula is C21H21FN2O3. The average molecular weight is 368 g/mol. The Kier molecular flexibility index (Phi) is 5.26. The van der Waals surface area contributed by atoms with Gasteiger partial charge in [-0.25, -0.2) is 9.18 Å². The molecule has 0 radical (unpaired) electrons. The number of aromatic nitrogens is 1. The fourth-order valence-electron chi connectivity index (χ4n) is 2.96. The summed E-state index contributed by atoms with van der Waals surface area (Å²) in [5, 5.41) is 0. The fourth-order valence-corrected chi connectivity index (χ4v) is 2.96. The summed E-state index contributed by atoms with van der Waals surface area (Å²) in [5.74, 6) is 0.00563. The van der Waals surface area contributed by atoms with E-state index in [1.807, 2.05) is 44.2 Å². The molecule has 1 aromatic heterocycles. The van der Waals surface area contributed by atoms with Crippen molar-refractivity contribution >= 4 is 11.7 Å². The van der Waals surface area contributed by atoms with Gasteiger partial charge in [0.2, 0.25) is 0 Å². The molecule has 5 nitrogen and oxygen atoms in total. The van der Waals surface area contributed by atoms with Crippen LogP contribution < -0.4 is 10.5 Å². The van der Waals surface area contributed by atoms with Crippen LogP contribution in [-0.2, 0) is 6.42 Å². The number of nitrogens with zero attached hydrogens (tertiary/aromatic N) is 2. The van der Waals surface area contributed by atoms with E-state index >= 15 is 0 Å². The second-order valence-corrected chi connectivity index (χ2v) is 6.61. The molecule has 0 atom stereocenters. The van der Waals surface area contributed by atoms with Crippen LogP contribution in [0, 0.1) is 12.7 Å². The van der Waals surface area contributed by atoms with Crippen molar-refractivity contribution in [3.8, 4) is 0 Å². The largest absolute Gasteiger partial charge is 0.372 e. The van der Waals surface area contributed by atoms with Gasteiger partial charge in [0.05, 0.1) is 5.56 Å². The van der Waals surface area contributed by atoms with Crippen molar-refractivity contribution < 1.29 is 13.7 Å². The summed E-state index contributed by atoms with van der Waals surface area (Å²) in [5.41, 5.74) is 1.41. The predicted molar refractivity (Wildman–Crippen MR) is 102 cm³/mol. The van der Waals surface area contributed by atoms with Gasteiger partial charge in [-0.15, -0.1) is 0 Å². The predicted octanol–water partition coefficient (Wildman–Crippen LogP) is 4.36. The van der Waals surface area contributed by atoms with Crippen molar-refractivity contribution in [3.63, 3.8) is 0 Å². The number of amides is 1. The van der Waals surface area contributed by atoms with Crippen molar-refractivity contribution in [1.29, 1.82) is 0 Å². The number of hydrogen-bond acceptors (Lipinski definition) is 3. The Balaban J connectivity index is 1.97. The Hall–Kier alpha value is -3.15. The smallest absolute Gasteiger partial charge is 0.365 e. The summed E-state index contributed by atoms with van der Waals surface area (Å²) < 4.78 is 19.5. The van der Waals surface area contributed by atoms with Crippen LogP contribution in [-0.4, -0.2) is 16.8 Å². The Bertz CT molecular complexity index is 989. The zero-order valence-electron chi connectivity index (χ0n) is 15.5. The van der Waals surface area contributed by atoms with Gasteiger partial charge in [-0.2, -0.15) is 0 Å². The number of aryl methyl sites for hydroxylation is 1. The highest BCUT2D eigenvalue weighted by atomic mass is 19.1. The van der Waals surface area contributed by atoms with Gasteiger partial charge in [0, 0.05) is 18.2 Å². The Morgan fingerprint density at radius 1 is 1.11 bits per heavy atom. The second kappa shape index (κ2) is 7.61. The maximum absolute atomic E-state index is 13.2. The summed E-state index contributed by atoms with van der Waals surface area (Å²) in [7, 11) is 0. The summed E-state index contributed by atoms with van der Waals surface area (Å²) >= 11 is 0. The number of hydrogen-bond donors (Lipinski definition) is 0. The lowest BCUT2D eigenvalue weighted by Gasteiger charge is -2.25. The zero-order valence-corrected chi connectivity index (χ0v) is 15.5. The molecule has 0 spiro atoms. The van der Waals surface area contributed by atoms with E-state index in [4.69, 9.17) is 4.52 Å². The van der Waals surface area contributed by atoms with Gasteiger partial charge in [-0.1, -0.05) is 35.1 Å². The highest BCUT2D eigenvalue weighted by Crippen LogP contribution is 2.20. The van der Waals surface area contributed by atoms with Crippen LogP contribution in [0.5, 0.6) is 0 Å². The van der Waals surface area contributed by atoms with Crippen LogP contribution >= 0.6 is 0 Å². The minimum absolute atomic E-state index is 0.252. The monoisotopic (exact) mass is 368 g/mol. The molecule has 3 rings (SSSR count). The second-order valence-electron chi connectivity index (χ2n) is 6.61. The Morgan fingerprint density at radius 2 is 1.74 bits per heavy atom. The van der Waals surface area contributed by atoms with Crippen molar-refractivity contribution in [1.82, 2.24) is 4.74 Å². The summed E-state index contributed by atoms with van der Waals surface area (Å²) in [6.45, 7) is 5.29. The molecule has 1 heterocycles. The van der Waals surface area contributed by atoms with Gasteiger partial charge in [-0.05, 0) is 50.6 Å². The average Bonchev–Trinajstić information content (AvgIpc) is 2.92. The van der Waals surface area contributed by atoms with E-state index in [0.29, 0.717) is 23.4 Å². The first-order valence-corrected chi connectivity index (χ1v) is 8.73. The van der Waals surface area contributed by atoms with E-state index in [-0.39, 0.29) is 6.04 Å². The molecule has 2 aromatic carbocycles. The molecule has 140 valence electrons. The molecule has 3 aromatic rings. The highest BCUT2D eigenvalue weighted by Gasteiger charge is 2.26. The molecule has 0 N–H and O–H groups in total. The molecule has 27 heavy (non-hydrogen) atoms. The molecule has 6 heteroatoms. The van der Waals surface area contributed by atoms with Crippen molar-refractivity contribution in [3.05, 3.63) is 87.7 Å². The third-order valence-electron chi connectivity index (χ3n) is 4.32. The Labute approximate surface area is 156 Å². The molecule has 0 fully saturated rings. The number of rotatable bonds is 4. The van der Waals surface area contributed by atoms with Gasteiger partial charge >= 0.3 is 6.03 Å². The minimum atomic E-state index is -0.607. The van der Waals surface area contributed by atoms with Gasteiger partial charge in [-0.3, -0.25) is 9.69 Å². The van der Waals surface area contributed by atoms with Crippen LogP contribution in [0.15, 0.2) is 63.9 Å². The van der Waals surface area contributed by atoms with Crippen LogP contribution in [0.1, 0.15) is 30.7 Å². The van der Waals surface area contributed by atoms with E-state index < -0.39 is 17.4 Å². The quantitative estimate of drug-likeness (QED) is 0.687. The Morgan fingerprint density at radius 3 is 2.33 bits per heavy atom. The third-order valence-corrected chi connectivity index (χ3v) is 4.32. The van der Waals surface area contributed by atoms with Crippen LogP contribution in [0.25, 0.3) is 0 Å². The summed E-state index contributed by atoms with van der Waals surface area (Å²) in [6.07, 6.45) is 0.382. The molecule has 0 saturated heterocycles. The summed E-state index contributed by atoms with van der Waals surface area (Å²) in [4.78, 5) is 27.2. The minimum Gasteiger partial charge on any atom is -0.372 e. The van der Waals surface area contributed by atoms with Crippen LogP contribution in [0.3, 0.4) is 0 Å². The highest BCUT2D eigenvalue weighted by molar-refractivity contribution is 5.93. The molecular weight excluding hydrogens is 347 g/mol. The van der Waals surface area contributed by atoms with E-state index in [2.05, 4.69) is 0 Å². The molecule has 1 amide bonds. The van der Waals surface area contributed by atoms with Gasteiger partial charge in [0.15, 0.2) is 0 Å². The van der Waals surface area contributed by atoms with Crippen LogP contribution in [0.4, 0.5) is 14.9 Å². The van der Waals surface area contributed by atoms with E-state index in [1.165, 1.54) is 29.2 Å². The fraction of sp³-hybridized carbons (Fsp3) is 0.238. The van der Waals surface area contributed by atoms with Gasteiger partial charge in [0.25, 0.3) is 5.56 Å². The number of carbonyl (C=O) groups excluding carboxylic acids is 1. The maximum Gasteiger partial charge on any atom is 0.365 e. The van der Waals surface area contributed by atoms with Gasteiger partial charge < -0.3 is 4.52 Å². The lowest BCUT2D eigenvalue weighted by Crippen LogP contribution is -2.43. The first-order chi connectivity index (χ1) is 12.9. The lowest BCUT2D eigenvalue weighted by atomic mass is 10.1. The SMILES string of the molecule is Cc1on(C(=O)N(c2ccc(F)cc2)C(C)C)c(=O)c1Cc1ccccc1. The molecule has 0 aliphatic rings. The van der Waals surface area contributed by atoms with Crippen LogP contribution in [0.2, 0.25) is 0 Å². The molecule has 0 saturated carbocycles. The van der Waals surface area contributed by atoms with E-state index in [1.54, 1.807) is 6.92 Å². The number of halogens is 1. The molecule has 0 aliphatic carbocycles. The molecule has 0 unspecified atom stereocenters. The number of benzene rings is 2. The van der Waals surface area contributed by atoms with Crippen molar-refractivity contribution in [2.75, 3.05) is 4.90 Å². The van der Waals surface area contributed by atoms with Crippen molar-refractivity contribution in [2.24, 2.45) is 0 Å². The first-order valence-electron chi connectivity index (χ1n) is 8.73. The third kappa shape index (κ3) is 3.84. The summed E-state index contributed by atoms with van der Waals surface area (Å²) in [6, 6.07) is 14.2. The zero-order chi connectivity index (χ0) is 19.6. The number of carbonyl (C=O) groups is 1. The maximum atomic E-state index is 13.2. The van der Waals surface area contributed by atoms with E-state index in [0.717, 1.165) is 10.3 Å². The molecule has 0 bridgehead atoms. The first kappa shape index (κ1) is 18.6. The lowest BCUT2D eigenvalue weighted by molar-refractivity contribution is 0.210. The topological polar surface area (TPSA) is 55.5 Å². The van der Waals surface area contributed by atoms with E-state index in [9.17, 15) is 14.0 Å². The molecule has 0 aliphatic heterocycles. The number of anilines is 1. The normalized spacial score (nSPS) is 11.0. The standard InChI is InChI=1S/C21H21FN2O3/c1-14(2)23(18-11-9-17(22)10-12-18)21(26)24-20(25)19(15(3)27-24)13-16-7-5-4-6-8-16/h4-12,14H,13H2,1-3H3. The van der Waals surface area contributed by atoms with Crippen molar-refractivity contribution in [2.45, 2.75) is 33.2 Å². The van der Waals surface area contributed by atoms with Gasteiger partial charge in [0.1, 0.15) is 11.6 Å².